The van der Waals surface area contributed by atoms with E-state index < -0.39 is 0 Å². The minimum absolute atomic E-state index is 0.521. The van der Waals surface area contributed by atoms with E-state index in [1.807, 2.05) is 0 Å². The molecule has 20 heavy (non-hydrogen) atoms. The van der Waals surface area contributed by atoms with Crippen molar-refractivity contribution in [1.82, 2.24) is 5.32 Å². The molecule has 1 nitrogen and oxygen atoms in total. The van der Waals surface area contributed by atoms with Crippen molar-refractivity contribution in [2.24, 2.45) is 28.6 Å². The third kappa shape index (κ3) is 2.56. The molecule has 3 rings (SSSR count). The van der Waals surface area contributed by atoms with Crippen LogP contribution in [0, 0.1) is 28.6 Å². The number of hydrogen-bond donors (Lipinski definition) is 1. The summed E-state index contributed by atoms with van der Waals surface area (Å²) in [7, 11) is 0. The van der Waals surface area contributed by atoms with Gasteiger partial charge in [0.2, 0.25) is 0 Å². The fourth-order valence-corrected chi connectivity index (χ4v) is 6.07. The zero-order chi connectivity index (χ0) is 14.4. The standard InChI is InChI=1S/C19H35N/c1-14-6-5-7-15(12-14)9-11-20-17-18(2,3)16-8-10-19(17,4)13-16/h14-17,20H,5-13H2,1-4H3. The van der Waals surface area contributed by atoms with Gasteiger partial charge >= 0.3 is 0 Å². The minimum Gasteiger partial charge on any atom is -0.313 e. The Balaban J connectivity index is 1.51. The summed E-state index contributed by atoms with van der Waals surface area (Å²) in [4.78, 5) is 0. The van der Waals surface area contributed by atoms with E-state index in [9.17, 15) is 0 Å². The Morgan fingerprint density at radius 3 is 2.55 bits per heavy atom. The Morgan fingerprint density at radius 2 is 1.90 bits per heavy atom. The maximum Gasteiger partial charge on any atom is 0.0175 e. The van der Waals surface area contributed by atoms with E-state index in [1.165, 1.54) is 57.9 Å². The first-order chi connectivity index (χ1) is 9.42. The van der Waals surface area contributed by atoms with Crippen molar-refractivity contribution in [3.63, 3.8) is 0 Å². The quantitative estimate of drug-likeness (QED) is 0.762. The summed E-state index contributed by atoms with van der Waals surface area (Å²) in [5.74, 6) is 2.95. The molecule has 5 atom stereocenters. The van der Waals surface area contributed by atoms with Gasteiger partial charge in [-0.15, -0.1) is 0 Å². The van der Waals surface area contributed by atoms with Gasteiger partial charge in [0.1, 0.15) is 0 Å². The molecule has 3 fully saturated rings. The Kier molecular flexibility index (Phi) is 3.95. The van der Waals surface area contributed by atoms with Crippen molar-refractivity contribution in [2.45, 2.75) is 85.1 Å². The molecule has 3 aliphatic rings. The van der Waals surface area contributed by atoms with Crippen molar-refractivity contribution in [1.29, 1.82) is 0 Å². The lowest BCUT2D eigenvalue weighted by Crippen LogP contribution is -2.50. The summed E-state index contributed by atoms with van der Waals surface area (Å²) >= 11 is 0. The third-order valence-electron chi connectivity index (χ3n) is 7.22. The van der Waals surface area contributed by atoms with Crippen LogP contribution in [0.3, 0.4) is 0 Å². The zero-order valence-corrected chi connectivity index (χ0v) is 14.2. The fraction of sp³-hybridized carbons (Fsp3) is 1.00. The van der Waals surface area contributed by atoms with Gasteiger partial charge in [0.05, 0.1) is 0 Å². The molecule has 0 heterocycles. The average molecular weight is 277 g/mol. The van der Waals surface area contributed by atoms with Crippen molar-refractivity contribution >= 4 is 0 Å². The van der Waals surface area contributed by atoms with Crippen molar-refractivity contribution < 1.29 is 0 Å². The van der Waals surface area contributed by atoms with Gasteiger partial charge in [-0.3, -0.25) is 0 Å². The Bertz CT molecular complexity index is 343. The van der Waals surface area contributed by atoms with Crippen LogP contribution in [0.4, 0.5) is 0 Å². The van der Waals surface area contributed by atoms with Crippen LogP contribution < -0.4 is 5.32 Å². The van der Waals surface area contributed by atoms with Gasteiger partial charge in [0.25, 0.3) is 0 Å². The highest BCUT2D eigenvalue weighted by molar-refractivity contribution is 5.11. The molecular weight excluding hydrogens is 242 g/mol. The van der Waals surface area contributed by atoms with Gasteiger partial charge in [-0.2, -0.15) is 0 Å². The van der Waals surface area contributed by atoms with Crippen LogP contribution in [0.2, 0.25) is 0 Å². The predicted molar refractivity (Wildman–Crippen MR) is 86.8 cm³/mol. The van der Waals surface area contributed by atoms with Crippen molar-refractivity contribution in [3.8, 4) is 0 Å². The Labute approximate surface area is 126 Å². The first-order valence-electron chi connectivity index (χ1n) is 9.15. The second-order valence-electron chi connectivity index (χ2n) is 9.23. The number of fused-ring (bicyclic) bond motifs is 2. The van der Waals surface area contributed by atoms with Gasteiger partial charge < -0.3 is 5.32 Å². The van der Waals surface area contributed by atoms with Gasteiger partial charge in [0.15, 0.2) is 0 Å². The topological polar surface area (TPSA) is 12.0 Å². The van der Waals surface area contributed by atoms with E-state index in [2.05, 4.69) is 33.0 Å². The summed E-state index contributed by atoms with van der Waals surface area (Å²) in [5, 5.41) is 4.01. The Hall–Kier alpha value is -0.0400. The van der Waals surface area contributed by atoms with E-state index in [0.29, 0.717) is 10.8 Å². The SMILES string of the molecule is CC1CCCC(CCNC2C3(C)CCC(C3)C2(C)C)C1. The molecule has 0 amide bonds. The van der Waals surface area contributed by atoms with Gasteiger partial charge in [-0.25, -0.2) is 0 Å². The molecule has 0 spiro atoms. The number of hydrogen-bond acceptors (Lipinski definition) is 1. The van der Waals surface area contributed by atoms with Gasteiger partial charge in [-0.1, -0.05) is 47.0 Å². The summed E-state index contributed by atoms with van der Waals surface area (Å²) in [6, 6.07) is 0.759. The summed E-state index contributed by atoms with van der Waals surface area (Å²) in [6.07, 6.45) is 11.7. The highest BCUT2D eigenvalue weighted by atomic mass is 15.0. The number of nitrogens with one attached hydrogen (secondary N) is 1. The van der Waals surface area contributed by atoms with Crippen molar-refractivity contribution in [2.75, 3.05) is 6.54 Å². The lowest BCUT2D eigenvalue weighted by molar-refractivity contribution is 0.106. The average Bonchev–Trinajstić information content (AvgIpc) is 2.85. The molecule has 1 N–H and O–H groups in total. The maximum absolute atomic E-state index is 4.01. The summed E-state index contributed by atoms with van der Waals surface area (Å²) in [6.45, 7) is 11.3. The molecule has 3 aliphatic carbocycles. The van der Waals surface area contributed by atoms with E-state index in [-0.39, 0.29) is 0 Å². The molecule has 0 aromatic rings. The minimum atomic E-state index is 0.521. The second-order valence-corrected chi connectivity index (χ2v) is 9.23. The van der Waals surface area contributed by atoms with E-state index >= 15 is 0 Å². The molecule has 0 aromatic carbocycles. The molecule has 0 radical (unpaired) electrons. The highest BCUT2D eigenvalue weighted by Gasteiger charge is 2.58. The molecule has 3 saturated carbocycles. The normalized spacial score (nSPS) is 46.8. The molecule has 2 bridgehead atoms. The lowest BCUT2D eigenvalue weighted by Gasteiger charge is -2.43. The van der Waals surface area contributed by atoms with E-state index in [4.69, 9.17) is 0 Å². The first kappa shape index (κ1) is 14.9. The van der Waals surface area contributed by atoms with Crippen LogP contribution in [0.25, 0.3) is 0 Å². The molecule has 0 saturated heterocycles. The van der Waals surface area contributed by atoms with Crippen LogP contribution in [0.1, 0.15) is 79.1 Å². The first-order valence-corrected chi connectivity index (χ1v) is 9.15. The van der Waals surface area contributed by atoms with Crippen LogP contribution in [-0.2, 0) is 0 Å². The molecule has 0 aromatic heterocycles. The highest BCUT2D eigenvalue weighted by Crippen LogP contribution is 2.62. The van der Waals surface area contributed by atoms with Crippen molar-refractivity contribution in [3.05, 3.63) is 0 Å². The molecule has 116 valence electrons. The fourth-order valence-electron chi connectivity index (χ4n) is 6.07. The predicted octanol–water partition coefficient (Wildman–Crippen LogP) is 5.01. The summed E-state index contributed by atoms with van der Waals surface area (Å²) < 4.78 is 0. The molecule has 1 heteroatoms. The summed E-state index contributed by atoms with van der Waals surface area (Å²) in [5.41, 5.74) is 1.11. The Morgan fingerprint density at radius 1 is 1.10 bits per heavy atom. The monoisotopic (exact) mass is 277 g/mol. The zero-order valence-electron chi connectivity index (χ0n) is 14.2. The van der Waals surface area contributed by atoms with Crippen LogP contribution in [-0.4, -0.2) is 12.6 Å². The van der Waals surface area contributed by atoms with E-state index in [1.54, 1.807) is 0 Å². The maximum atomic E-state index is 4.01. The lowest BCUT2D eigenvalue weighted by atomic mass is 9.68. The number of rotatable bonds is 4. The molecular formula is C19H35N. The van der Waals surface area contributed by atoms with Gasteiger partial charge in [0, 0.05) is 6.04 Å². The smallest absolute Gasteiger partial charge is 0.0175 e. The van der Waals surface area contributed by atoms with Gasteiger partial charge in [-0.05, 0) is 67.2 Å². The van der Waals surface area contributed by atoms with Crippen LogP contribution >= 0.6 is 0 Å². The third-order valence-corrected chi connectivity index (χ3v) is 7.22. The largest absolute Gasteiger partial charge is 0.313 e. The van der Waals surface area contributed by atoms with Crippen LogP contribution in [0.5, 0.6) is 0 Å². The van der Waals surface area contributed by atoms with E-state index in [0.717, 1.165) is 23.8 Å². The second kappa shape index (κ2) is 5.30. The van der Waals surface area contributed by atoms with Crippen LogP contribution in [0.15, 0.2) is 0 Å². The molecule has 0 aliphatic heterocycles. The molecule has 5 unspecified atom stereocenters.